The summed E-state index contributed by atoms with van der Waals surface area (Å²) in [4.78, 5) is 25.0. The Hall–Kier alpha value is -2.99. The zero-order chi connectivity index (χ0) is 19.6. The van der Waals surface area contributed by atoms with E-state index in [4.69, 9.17) is 11.0 Å². The first kappa shape index (κ1) is 18.8. The third-order valence-electron chi connectivity index (χ3n) is 4.12. The molecule has 1 amide bonds. The van der Waals surface area contributed by atoms with Gasteiger partial charge in [-0.15, -0.1) is 0 Å². The van der Waals surface area contributed by atoms with Gasteiger partial charge in [-0.05, 0) is 31.5 Å². The van der Waals surface area contributed by atoms with Crippen LogP contribution in [-0.2, 0) is 5.54 Å². The van der Waals surface area contributed by atoms with Crippen LogP contribution in [0.4, 0.5) is 10.1 Å². The lowest BCUT2D eigenvalue weighted by Gasteiger charge is -2.32. The monoisotopic (exact) mass is 384 g/mol. The third-order valence-corrected chi connectivity index (χ3v) is 5.02. The van der Waals surface area contributed by atoms with Crippen LogP contribution in [-0.4, -0.2) is 26.3 Å². The van der Waals surface area contributed by atoms with Gasteiger partial charge in [-0.2, -0.15) is 5.26 Å². The summed E-state index contributed by atoms with van der Waals surface area (Å²) in [5.74, 6) is -1.57. The number of carbonyl (C=O) groups is 1. The number of amides is 1. The van der Waals surface area contributed by atoms with Crippen molar-refractivity contribution in [2.75, 3.05) is 5.32 Å². The molecule has 3 rings (SSSR count). The molecule has 0 unspecified atom stereocenters. The lowest BCUT2D eigenvalue weighted by molar-refractivity contribution is 0.101. The maximum Gasteiger partial charge on any atom is 0.277 e. The van der Waals surface area contributed by atoms with Crippen LogP contribution < -0.4 is 11.1 Å². The number of nitrogens with zero attached hydrogens (tertiary/aromatic N) is 4. The highest BCUT2D eigenvalue weighted by Gasteiger charge is 2.34. The fourth-order valence-electron chi connectivity index (χ4n) is 2.94. The van der Waals surface area contributed by atoms with Crippen LogP contribution in [0.1, 0.15) is 42.0 Å². The first-order chi connectivity index (χ1) is 12.8. The molecule has 27 heavy (non-hydrogen) atoms. The van der Waals surface area contributed by atoms with Gasteiger partial charge in [0, 0.05) is 23.3 Å². The maximum atomic E-state index is 14.0. The molecule has 0 aromatic carbocycles. The molecule has 0 radical (unpaired) electrons. The molecule has 0 aliphatic carbocycles. The highest BCUT2D eigenvalue weighted by Crippen LogP contribution is 2.38. The van der Waals surface area contributed by atoms with Crippen molar-refractivity contribution >= 4 is 28.5 Å². The van der Waals surface area contributed by atoms with Crippen molar-refractivity contribution in [3.63, 3.8) is 0 Å². The van der Waals surface area contributed by atoms with Gasteiger partial charge in [0.25, 0.3) is 5.91 Å². The summed E-state index contributed by atoms with van der Waals surface area (Å²) < 4.78 is 14.0. The number of pyridine rings is 2. The molecule has 0 spiro atoms. The van der Waals surface area contributed by atoms with Crippen LogP contribution in [0.25, 0.3) is 0 Å². The summed E-state index contributed by atoms with van der Waals surface area (Å²) in [5.41, 5.74) is 6.07. The molecule has 2 atom stereocenters. The standard InChI is InChI=1S/C18H17FN6OS/c1-10-7-18(2,25-17(21)27-10)14-6-12(3-4-22-14)24-16(26)15-13(19)5-11(8-20)9-23-15/h3-6,9-10H,7H2,1-2H3,(H2,21,25)(H,22,24,26)/t10-,18+/m1/s1. The van der Waals surface area contributed by atoms with Gasteiger partial charge in [-0.25, -0.2) is 14.4 Å². The van der Waals surface area contributed by atoms with Crippen molar-refractivity contribution in [3.8, 4) is 6.07 Å². The summed E-state index contributed by atoms with van der Waals surface area (Å²) >= 11 is 1.51. The van der Waals surface area contributed by atoms with Gasteiger partial charge in [-0.1, -0.05) is 18.7 Å². The van der Waals surface area contributed by atoms with Gasteiger partial charge >= 0.3 is 0 Å². The van der Waals surface area contributed by atoms with Crippen LogP contribution in [0, 0.1) is 17.1 Å². The maximum absolute atomic E-state index is 14.0. The van der Waals surface area contributed by atoms with Crippen LogP contribution in [0.5, 0.6) is 0 Å². The van der Waals surface area contributed by atoms with E-state index in [9.17, 15) is 9.18 Å². The average molecular weight is 384 g/mol. The smallest absolute Gasteiger partial charge is 0.277 e. The largest absolute Gasteiger partial charge is 0.379 e. The number of amidine groups is 1. The summed E-state index contributed by atoms with van der Waals surface area (Å²) in [5, 5.41) is 12.1. The Balaban J connectivity index is 1.85. The van der Waals surface area contributed by atoms with E-state index in [0.29, 0.717) is 16.5 Å². The molecule has 2 aromatic heterocycles. The van der Waals surface area contributed by atoms with E-state index in [0.717, 1.165) is 18.7 Å². The van der Waals surface area contributed by atoms with E-state index in [1.807, 2.05) is 6.92 Å². The molecule has 7 nitrogen and oxygen atoms in total. The van der Waals surface area contributed by atoms with Crippen molar-refractivity contribution in [2.45, 2.75) is 31.1 Å². The lowest BCUT2D eigenvalue weighted by Crippen LogP contribution is -2.33. The minimum Gasteiger partial charge on any atom is -0.379 e. The van der Waals surface area contributed by atoms with E-state index in [2.05, 4.69) is 27.2 Å². The summed E-state index contributed by atoms with van der Waals surface area (Å²) in [6, 6.07) is 6.03. The molecule has 138 valence electrons. The third kappa shape index (κ3) is 4.06. The SMILES string of the molecule is C[C@@H]1C[C@@](C)(c2cc(NC(=O)c3ncc(C#N)cc3F)ccn2)N=C(N)S1. The molecule has 0 fully saturated rings. The molecule has 3 heterocycles. The van der Waals surface area contributed by atoms with E-state index < -0.39 is 17.3 Å². The van der Waals surface area contributed by atoms with Crippen molar-refractivity contribution in [2.24, 2.45) is 10.7 Å². The van der Waals surface area contributed by atoms with Gasteiger partial charge in [0.2, 0.25) is 0 Å². The van der Waals surface area contributed by atoms with Gasteiger partial charge < -0.3 is 11.1 Å². The number of hydrogen-bond acceptors (Lipinski definition) is 7. The normalized spacial score (nSPS) is 21.9. The summed E-state index contributed by atoms with van der Waals surface area (Å²) in [6.07, 6.45) is 3.45. The number of hydrogen-bond donors (Lipinski definition) is 2. The molecule has 3 N–H and O–H groups in total. The zero-order valence-corrected chi connectivity index (χ0v) is 15.5. The Morgan fingerprint density at radius 3 is 2.93 bits per heavy atom. The van der Waals surface area contributed by atoms with Crippen molar-refractivity contribution < 1.29 is 9.18 Å². The van der Waals surface area contributed by atoms with E-state index in [1.165, 1.54) is 11.8 Å². The number of rotatable bonds is 3. The van der Waals surface area contributed by atoms with Crippen molar-refractivity contribution in [1.29, 1.82) is 5.26 Å². The fraction of sp³-hybridized carbons (Fsp3) is 0.278. The van der Waals surface area contributed by atoms with Gasteiger partial charge in [0.05, 0.1) is 11.3 Å². The number of nitriles is 1. The van der Waals surface area contributed by atoms with Crippen LogP contribution in [0.2, 0.25) is 0 Å². The number of thioether (sulfide) groups is 1. The molecular formula is C18H17FN6OS. The van der Waals surface area contributed by atoms with Gasteiger partial charge in [0.15, 0.2) is 16.7 Å². The molecule has 1 aliphatic rings. The van der Waals surface area contributed by atoms with Gasteiger partial charge in [0.1, 0.15) is 11.6 Å². The Labute approximate surface area is 159 Å². The van der Waals surface area contributed by atoms with Crippen molar-refractivity contribution in [3.05, 3.63) is 53.4 Å². The zero-order valence-electron chi connectivity index (χ0n) is 14.7. The van der Waals surface area contributed by atoms with Crippen molar-refractivity contribution in [1.82, 2.24) is 9.97 Å². The minimum atomic E-state index is -0.858. The second-order valence-corrected chi connectivity index (χ2v) is 7.87. The van der Waals surface area contributed by atoms with Gasteiger partial charge in [-0.3, -0.25) is 9.78 Å². The number of nitrogens with one attached hydrogen (secondary N) is 1. The van der Waals surface area contributed by atoms with Crippen LogP contribution >= 0.6 is 11.8 Å². The van der Waals surface area contributed by atoms with Crippen LogP contribution in [0.15, 0.2) is 35.6 Å². The Morgan fingerprint density at radius 2 is 2.26 bits per heavy atom. The summed E-state index contributed by atoms with van der Waals surface area (Å²) in [6.45, 7) is 4.00. The molecular weight excluding hydrogens is 367 g/mol. The molecule has 9 heteroatoms. The number of nitrogens with two attached hydrogens (primary N) is 1. The average Bonchev–Trinajstić information content (AvgIpc) is 2.60. The number of carbonyl (C=O) groups excluding carboxylic acids is 1. The lowest BCUT2D eigenvalue weighted by atomic mass is 9.91. The first-order valence-electron chi connectivity index (χ1n) is 8.16. The minimum absolute atomic E-state index is 0.0444. The number of halogens is 1. The predicted molar refractivity (Wildman–Crippen MR) is 102 cm³/mol. The molecule has 0 bridgehead atoms. The first-order valence-corrected chi connectivity index (χ1v) is 9.04. The molecule has 0 saturated heterocycles. The Morgan fingerprint density at radius 1 is 1.48 bits per heavy atom. The second-order valence-electron chi connectivity index (χ2n) is 6.41. The highest BCUT2D eigenvalue weighted by atomic mass is 32.2. The predicted octanol–water partition coefficient (Wildman–Crippen LogP) is 2.79. The molecule has 2 aromatic rings. The second kappa shape index (κ2) is 7.32. The fourth-order valence-corrected chi connectivity index (χ4v) is 4.02. The molecule has 1 aliphatic heterocycles. The van der Waals surface area contributed by atoms with E-state index in [-0.39, 0.29) is 16.5 Å². The highest BCUT2D eigenvalue weighted by molar-refractivity contribution is 8.14. The van der Waals surface area contributed by atoms with Crippen LogP contribution in [0.3, 0.4) is 0 Å². The number of anilines is 1. The topological polar surface area (TPSA) is 117 Å². The number of aromatic nitrogens is 2. The Bertz CT molecular complexity index is 973. The Kier molecular flexibility index (Phi) is 5.10. The number of aliphatic imine (C=N–C) groups is 1. The van der Waals surface area contributed by atoms with E-state index >= 15 is 0 Å². The molecule has 0 saturated carbocycles. The van der Waals surface area contributed by atoms with E-state index in [1.54, 1.807) is 24.4 Å². The quantitative estimate of drug-likeness (QED) is 0.840. The summed E-state index contributed by atoms with van der Waals surface area (Å²) in [7, 11) is 0.